The fourth-order valence-electron chi connectivity index (χ4n) is 3.53. The standard InChI is InChI=1S/C22H25N3O5/c1-16-19(7-6-8-20(16)25(28)29)22(27)30-15-21(26)23-17-9-11-18(12-10-17)24-13-4-2-3-5-14-24/h6-12H,2-5,13-15H2,1H3,(H,23,26). The van der Waals surface area contributed by atoms with E-state index in [0.717, 1.165) is 18.8 Å². The first-order valence-corrected chi connectivity index (χ1v) is 10.0. The fraction of sp³-hybridized carbons (Fsp3) is 0.364. The Hall–Kier alpha value is -3.42. The highest BCUT2D eigenvalue weighted by molar-refractivity contribution is 5.96. The van der Waals surface area contributed by atoms with E-state index >= 15 is 0 Å². The number of nitrogens with one attached hydrogen (secondary N) is 1. The van der Waals surface area contributed by atoms with Crippen molar-refractivity contribution < 1.29 is 19.2 Å². The minimum Gasteiger partial charge on any atom is -0.452 e. The molecule has 1 heterocycles. The Labute approximate surface area is 175 Å². The van der Waals surface area contributed by atoms with Crippen molar-refractivity contribution in [2.45, 2.75) is 32.6 Å². The predicted molar refractivity (Wildman–Crippen MR) is 114 cm³/mol. The number of amides is 1. The van der Waals surface area contributed by atoms with Crippen LogP contribution in [0.4, 0.5) is 17.1 Å². The molecule has 0 aliphatic carbocycles. The summed E-state index contributed by atoms with van der Waals surface area (Å²) in [6.07, 6.45) is 4.90. The number of hydrogen-bond donors (Lipinski definition) is 1. The van der Waals surface area contributed by atoms with Crippen LogP contribution < -0.4 is 10.2 Å². The van der Waals surface area contributed by atoms with Gasteiger partial charge in [-0.15, -0.1) is 0 Å². The summed E-state index contributed by atoms with van der Waals surface area (Å²) >= 11 is 0. The SMILES string of the molecule is Cc1c(C(=O)OCC(=O)Nc2ccc(N3CCCCCC3)cc2)cccc1[N+](=O)[O-]. The topological polar surface area (TPSA) is 102 Å². The van der Waals surface area contributed by atoms with E-state index in [0.29, 0.717) is 5.69 Å². The Balaban J connectivity index is 1.54. The highest BCUT2D eigenvalue weighted by Crippen LogP contribution is 2.23. The Morgan fingerprint density at radius 3 is 2.37 bits per heavy atom. The molecule has 2 aromatic rings. The van der Waals surface area contributed by atoms with Gasteiger partial charge in [0.1, 0.15) is 0 Å². The summed E-state index contributed by atoms with van der Waals surface area (Å²) in [6, 6.07) is 11.8. The Bertz CT molecular complexity index is 919. The van der Waals surface area contributed by atoms with E-state index in [2.05, 4.69) is 10.2 Å². The highest BCUT2D eigenvalue weighted by Gasteiger charge is 2.19. The smallest absolute Gasteiger partial charge is 0.339 e. The van der Waals surface area contributed by atoms with Gasteiger partial charge in [0.15, 0.2) is 6.61 Å². The van der Waals surface area contributed by atoms with E-state index in [1.165, 1.54) is 50.8 Å². The molecule has 0 atom stereocenters. The van der Waals surface area contributed by atoms with Crippen molar-refractivity contribution in [3.05, 3.63) is 63.7 Å². The van der Waals surface area contributed by atoms with Gasteiger partial charge < -0.3 is 15.0 Å². The summed E-state index contributed by atoms with van der Waals surface area (Å²) in [5.74, 6) is -1.25. The molecule has 2 aromatic carbocycles. The molecule has 0 radical (unpaired) electrons. The first kappa shape index (κ1) is 21.3. The van der Waals surface area contributed by atoms with Gasteiger partial charge in [0.25, 0.3) is 11.6 Å². The Kier molecular flexibility index (Phi) is 7.00. The quantitative estimate of drug-likeness (QED) is 0.437. The minimum atomic E-state index is -0.775. The van der Waals surface area contributed by atoms with E-state index in [4.69, 9.17) is 4.74 Å². The molecule has 3 rings (SSSR count). The summed E-state index contributed by atoms with van der Waals surface area (Å²) in [6.45, 7) is 3.08. The van der Waals surface area contributed by atoms with Crippen LogP contribution in [0.15, 0.2) is 42.5 Å². The highest BCUT2D eigenvalue weighted by atomic mass is 16.6. The number of anilines is 2. The zero-order valence-electron chi connectivity index (χ0n) is 16.9. The summed E-state index contributed by atoms with van der Waals surface area (Å²) < 4.78 is 5.03. The molecule has 0 aromatic heterocycles. The number of nitro benzene ring substituents is 1. The lowest BCUT2D eigenvalue weighted by Crippen LogP contribution is -2.24. The molecule has 8 heteroatoms. The van der Waals surface area contributed by atoms with Crippen LogP contribution in [0.25, 0.3) is 0 Å². The summed E-state index contributed by atoms with van der Waals surface area (Å²) in [7, 11) is 0. The van der Waals surface area contributed by atoms with E-state index in [1.807, 2.05) is 24.3 Å². The van der Waals surface area contributed by atoms with Gasteiger partial charge in [-0.1, -0.05) is 18.9 Å². The third-order valence-corrected chi connectivity index (χ3v) is 5.18. The zero-order valence-corrected chi connectivity index (χ0v) is 16.9. The second kappa shape index (κ2) is 9.87. The van der Waals surface area contributed by atoms with Gasteiger partial charge in [0.05, 0.1) is 10.5 Å². The first-order valence-electron chi connectivity index (χ1n) is 10.0. The summed E-state index contributed by atoms with van der Waals surface area (Å²) in [4.78, 5) is 37.1. The lowest BCUT2D eigenvalue weighted by Gasteiger charge is -2.22. The maximum Gasteiger partial charge on any atom is 0.339 e. The molecule has 1 N–H and O–H groups in total. The largest absolute Gasteiger partial charge is 0.452 e. The van der Waals surface area contributed by atoms with Crippen LogP contribution in [0.2, 0.25) is 0 Å². The monoisotopic (exact) mass is 411 g/mol. The van der Waals surface area contributed by atoms with E-state index in [-0.39, 0.29) is 16.8 Å². The number of carbonyl (C=O) groups excluding carboxylic acids is 2. The predicted octanol–water partition coefficient (Wildman–Crippen LogP) is 4.08. The van der Waals surface area contributed by atoms with Gasteiger partial charge in [-0.05, 0) is 50.1 Å². The van der Waals surface area contributed by atoms with Crippen LogP contribution in [0.1, 0.15) is 41.6 Å². The average Bonchev–Trinajstić information content (AvgIpc) is 3.02. The van der Waals surface area contributed by atoms with Crippen molar-refractivity contribution in [3.8, 4) is 0 Å². The fourth-order valence-corrected chi connectivity index (χ4v) is 3.53. The molecular formula is C22H25N3O5. The van der Waals surface area contributed by atoms with Crippen LogP contribution in [0.3, 0.4) is 0 Å². The number of benzene rings is 2. The van der Waals surface area contributed by atoms with Gasteiger partial charge >= 0.3 is 5.97 Å². The number of ether oxygens (including phenoxy) is 1. The maximum atomic E-state index is 12.2. The Morgan fingerprint density at radius 1 is 1.07 bits per heavy atom. The van der Waals surface area contributed by atoms with Crippen molar-refractivity contribution in [1.82, 2.24) is 0 Å². The molecule has 1 aliphatic rings. The van der Waals surface area contributed by atoms with Crippen LogP contribution in [-0.2, 0) is 9.53 Å². The average molecular weight is 411 g/mol. The van der Waals surface area contributed by atoms with E-state index in [9.17, 15) is 19.7 Å². The number of carbonyl (C=O) groups is 2. The molecule has 0 saturated carbocycles. The molecular weight excluding hydrogens is 386 g/mol. The normalized spacial score (nSPS) is 14.0. The molecule has 1 fully saturated rings. The maximum absolute atomic E-state index is 12.2. The van der Waals surface area contributed by atoms with Gasteiger partial charge in [0, 0.05) is 36.1 Å². The van der Waals surface area contributed by atoms with Crippen LogP contribution in [0, 0.1) is 17.0 Å². The van der Waals surface area contributed by atoms with Crippen molar-refractivity contribution in [3.63, 3.8) is 0 Å². The van der Waals surface area contributed by atoms with Gasteiger partial charge in [0.2, 0.25) is 0 Å². The molecule has 1 aliphatic heterocycles. The van der Waals surface area contributed by atoms with Crippen LogP contribution in [0.5, 0.6) is 0 Å². The molecule has 0 unspecified atom stereocenters. The molecule has 8 nitrogen and oxygen atoms in total. The van der Waals surface area contributed by atoms with Gasteiger partial charge in [-0.25, -0.2) is 4.79 Å². The van der Waals surface area contributed by atoms with Crippen LogP contribution >= 0.6 is 0 Å². The van der Waals surface area contributed by atoms with Crippen molar-refractivity contribution >= 4 is 28.9 Å². The number of hydrogen-bond acceptors (Lipinski definition) is 6. The Morgan fingerprint density at radius 2 is 1.73 bits per heavy atom. The number of esters is 1. The molecule has 158 valence electrons. The third kappa shape index (κ3) is 5.34. The van der Waals surface area contributed by atoms with Gasteiger partial charge in [-0.3, -0.25) is 14.9 Å². The molecule has 30 heavy (non-hydrogen) atoms. The second-order valence-electron chi connectivity index (χ2n) is 7.28. The third-order valence-electron chi connectivity index (χ3n) is 5.18. The minimum absolute atomic E-state index is 0.0683. The molecule has 1 amide bonds. The number of nitro groups is 1. The molecule has 0 spiro atoms. The number of rotatable bonds is 6. The molecule has 1 saturated heterocycles. The van der Waals surface area contributed by atoms with E-state index in [1.54, 1.807) is 0 Å². The first-order chi connectivity index (χ1) is 14.5. The lowest BCUT2D eigenvalue weighted by molar-refractivity contribution is -0.385. The zero-order chi connectivity index (χ0) is 21.5. The summed E-state index contributed by atoms with van der Waals surface area (Å²) in [5.41, 5.74) is 1.85. The summed E-state index contributed by atoms with van der Waals surface area (Å²) in [5, 5.41) is 13.7. The van der Waals surface area contributed by atoms with Crippen molar-refractivity contribution in [2.75, 3.05) is 29.9 Å². The van der Waals surface area contributed by atoms with E-state index < -0.39 is 23.4 Å². The molecule has 0 bridgehead atoms. The van der Waals surface area contributed by atoms with Crippen molar-refractivity contribution in [1.29, 1.82) is 0 Å². The lowest BCUT2D eigenvalue weighted by atomic mass is 10.1. The van der Waals surface area contributed by atoms with Crippen LogP contribution in [-0.4, -0.2) is 36.5 Å². The van der Waals surface area contributed by atoms with Crippen molar-refractivity contribution in [2.24, 2.45) is 0 Å². The number of nitrogens with zero attached hydrogens (tertiary/aromatic N) is 2. The van der Waals surface area contributed by atoms with Gasteiger partial charge in [-0.2, -0.15) is 0 Å². The second-order valence-corrected chi connectivity index (χ2v) is 7.28.